The highest BCUT2D eigenvalue weighted by atomic mass is 127. The predicted molar refractivity (Wildman–Crippen MR) is 119 cm³/mol. The molecule has 154 valence electrons. The van der Waals surface area contributed by atoms with Crippen molar-refractivity contribution in [3.05, 3.63) is 41.5 Å². The Hall–Kier alpha value is -1.88. The maximum atomic E-state index is 9.56. The maximum Gasteiger partial charge on any atom is 0.191 e. The van der Waals surface area contributed by atoms with Crippen molar-refractivity contribution in [3.8, 4) is 5.75 Å². The zero-order chi connectivity index (χ0) is 19.1. The minimum Gasteiger partial charge on any atom is -0.508 e. The average molecular weight is 500 g/mol. The third-order valence-corrected chi connectivity index (χ3v) is 4.44. The Morgan fingerprint density at radius 1 is 1.43 bits per heavy atom. The number of fused-ring (bicyclic) bond motifs is 1. The number of phenols is 1. The molecule has 0 fully saturated rings. The van der Waals surface area contributed by atoms with Crippen molar-refractivity contribution in [1.82, 2.24) is 25.4 Å². The number of hydrogen-bond donors (Lipinski definition) is 3. The first kappa shape index (κ1) is 22.4. The fraction of sp³-hybridized carbons (Fsp3) is 0.526. The smallest absolute Gasteiger partial charge is 0.191 e. The van der Waals surface area contributed by atoms with Crippen LogP contribution < -0.4 is 10.6 Å². The van der Waals surface area contributed by atoms with E-state index in [4.69, 9.17) is 4.74 Å². The van der Waals surface area contributed by atoms with Crippen LogP contribution in [0.25, 0.3) is 0 Å². The number of aliphatic imine (C=N–C) groups is 1. The van der Waals surface area contributed by atoms with Gasteiger partial charge in [-0.05, 0) is 37.5 Å². The highest BCUT2D eigenvalue weighted by Gasteiger charge is 2.22. The van der Waals surface area contributed by atoms with Crippen LogP contribution in [0.2, 0.25) is 0 Å². The van der Waals surface area contributed by atoms with Crippen molar-refractivity contribution in [2.24, 2.45) is 4.99 Å². The van der Waals surface area contributed by atoms with Gasteiger partial charge in [-0.3, -0.25) is 4.99 Å². The van der Waals surface area contributed by atoms with E-state index in [1.165, 1.54) is 0 Å². The molecule has 1 aromatic heterocycles. The van der Waals surface area contributed by atoms with Gasteiger partial charge in [0.15, 0.2) is 11.8 Å². The third-order valence-electron chi connectivity index (χ3n) is 4.44. The molecule has 0 spiro atoms. The minimum atomic E-state index is 0. The molecule has 3 rings (SSSR count). The highest BCUT2D eigenvalue weighted by Crippen LogP contribution is 2.14. The van der Waals surface area contributed by atoms with Crippen LogP contribution in [-0.2, 0) is 30.7 Å². The number of phenolic OH excluding ortho intramolecular Hbond substituents is 1. The molecule has 0 saturated carbocycles. The number of ether oxygens (including phenoxy) is 1. The second kappa shape index (κ2) is 11.2. The van der Waals surface area contributed by atoms with Crippen LogP contribution in [0.1, 0.15) is 30.6 Å². The molecule has 1 aliphatic rings. The number of aryl methyl sites for hydroxylation is 1. The number of methoxy groups -OCH3 is 1. The Morgan fingerprint density at radius 2 is 2.29 bits per heavy atom. The maximum absolute atomic E-state index is 9.56. The van der Waals surface area contributed by atoms with Crippen LogP contribution in [0.4, 0.5) is 0 Å². The van der Waals surface area contributed by atoms with Crippen molar-refractivity contribution >= 4 is 29.9 Å². The number of benzene rings is 1. The van der Waals surface area contributed by atoms with Crippen LogP contribution in [-0.4, -0.2) is 52.1 Å². The molecule has 2 aromatic rings. The van der Waals surface area contributed by atoms with Gasteiger partial charge in [0, 0.05) is 32.7 Å². The zero-order valence-corrected chi connectivity index (χ0v) is 18.7. The number of hydrogen-bond acceptors (Lipinski definition) is 5. The number of halogens is 1. The number of nitrogens with zero attached hydrogens (tertiary/aromatic N) is 4. The van der Waals surface area contributed by atoms with Gasteiger partial charge in [-0.1, -0.05) is 12.1 Å². The van der Waals surface area contributed by atoms with E-state index in [0.717, 1.165) is 55.5 Å². The molecule has 2 heterocycles. The van der Waals surface area contributed by atoms with Crippen LogP contribution >= 0.6 is 24.0 Å². The summed E-state index contributed by atoms with van der Waals surface area (Å²) in [6, 6.07) is 7.57. The topological polar surface area (TPSA) is 96.6 Å². The third kappa shape index (κ3) is 6.33. The number of nitrogens with one attached hydrogen (secondary N) is 2. The molecule has 9 heteroatoms. The van der Waals surface area contributed by atoms with Crippen molar-refractivity contribution in [2.45, 2.75) is 45.4 Å². The molecule has 28 heavy (non-hydrogen) atoms. The molecule has 0 radical (unpaired) electrons. The van der Waals surface area contributed by atoms with Gasteiger partial charge in [0.1, 0.15) is 18.2 Å². The van der Waals surface area contributed by atoms with Crippen LogP contribution in [0.5, 0.6) is 5.75 Å². The molecule has 1 aliphatic heterocycles. The predicted octanol–water partition coefficient (Wildman–Crippen LogP) is 1.86. The lowest BCUT2D eigenvalue weighted by Gasteiger charge is -2.25. The molecule has 3 N–H and O–H groups in total. The van der Waals surface area contributed by atoms with Gasteiger partial charge in [0.2, 0.25) is 0 Å². The lowest BCUT2D eigenvalue weighted by Crippen LogP contribution is -2.47. The van der Waals surface area contributed by atoms with Crippen LogP contribution in [0.15, 0.2) is 29.3 Å². The van der Waals surface area contributed by atoms with E-state index in [1.54, 1.807) is 19.2 Å². The molecule has 0 bridgehead atoms. The number of aromatic hydroxyl groups is 1. The van der Waals surface area contributed by atoms with E-state index in [1.807, 2.05) is 16.8 Å². The molecule has 0 saturated heterocycles. The van der Waals surface area contributed by atoms with Gasteiger partial charge in [-0.25, -0.2) is 9.67 Å². The van der Waals surface area contributed by atoms with Crippen molar-refractivity contribution in [1.29, 1.82) is 0 Å². The van der Waals surface area contributed by atoms with Gasteiger partial charge < -0.3 is 20.5 Å². The van der Waals surface area contributed by atoms with E-state index in [0.29, 0.717) is 18.9 Å². The normalized spacial score (nSPS) is 16.2. The first-order chi connectivity index (χ1) is 13.2. The summed E-state index contributed by atoms with van der Waals surface area (Å²) in [5.74, 6) is 2.86. The summed E-state index contributed by atoms with van der Waals surface area (Å²) in [5.41, 5.74) is 1.07. The van der Waals surface area contributed by atoms with E-state index in [-0.39, 0.29) is 30.0 Å². The van der Waals surface area contributed by atoms with E-state index >= 15 is 0 Å². The summed E-state index contributed by atoms with van der Waals surface area (Å²) in [6.07, 6.45) is 2.66. The van der Waals surface area contributed by atoms with Gasteiger partial charge in [0.25, 0.3) is 0 Å². The SMILES string of the molecule is CCNC(=NCCc1cccc(O)c1)NC1CCc2nc(COC)nn2C1.I. The quantitative estimate of drug-likeness (QED) is 0.305. The molecule has 1 unspecified atom stereocenters. The van der Waals surface area contributed by atoms with Crippen LogP contribution in [0, 0.1) is 0 Å². The van der Waals surface area contributed by atoms with Gasteiger partial charge >= 0.3 is 0 Å². The highest BCUT2D eigenvalue weighted by molar-refractivity contribution is 14.0. The number of guanidine groups is 1. The first-order valence-electron chi connectivity index (χ1n) is 9.42. The Kier molecular flexibility index (Phi) is 8.97. The lowest BCUT2D eigenvalue weighted by molar-refractivity contribution is 0.177. The average Bonchev–Trinajstić information content (AvgIpc) is 3.04. The first-order valence-corrected chi connectivity index (χ1v) is 9.42. The fourth-order valence-electron chi connectivity index (χ4n) is 3.19. The number of aromatic nitrogens is 3. The summed E-state index contributed by atoms with van der Waals surface area (Å²) in [4.78, 5) is 9.18. The Morgan fingerprint density at radius 3 is 3.04 bits per heavy atom. The second-order valence-electron chi connectivity index (χ2n) is 6.62. The Labute approximate surface area is 182 Å². The lowest BCUT2D eigenvalue weighted by atomic mass is 10.1. The van der Waals surface area contributed by atoms with Gasteiger partial charge in [0.05, 0.1) is 6.54 Å². The summed E-state index contributed by atoms with van der Waals surface area (Å²) >= 11 is 0. The summed E-state index contributed by atoms with van der Waals surface area (Å²) < 4.78 is 7.08. The second-order valence-corrected chi connectivity index (χ2v) is 6.62. The van der Waals surface area contributed by atoms with E-state index in [9.17, 15) is 5.11 Å². The van der Waals surface area contributed by atoms with Crippen LogP contribution in [0.3, 0.4) is 0 Å². The molecule has 1 aromatic carbocycles. The number of rotatable bonds is 7. The largest absolute Gasteiger partial charge is 0.508 e. The molecule has 0 aliphatic carbocycles. The summed E-state index contributed by atoms with van der Waals surface area (Å²) in [7, 11) is 1.65. The van der Waals surface area contributed by atoms with E-state index < -0.39 is 0 Å². The van der Waals surface area contributed by atoms with Crippen molar-refractivity contribution in [3.63, 3.8) is 0 Å². The summed E-state index contributed by atoms with van der Waals surface area (Å²) in [6.45, 7) is 4.72. The standard InChI is InChI=1S/C19H28N6O2.HI/c1-3-20-19(21-10-9-14-5-4-6-16(26)11-14)22-15-7-8-18-23-17(13-27-2)24-25(18)12-15;/h4-6,11,15,26H,3,7-10,12-13H2,1-2H3,(H2,20,21,22);1H. The monoisotopic (exact) mass is 500 g/mol. The molecular formula is C19H29IN6O2. The molecule has 0 amide bonds. The van der Waals surface area contributed by atoms with Gasteiger partial charge in [-0.15, -0.1) is 24.0 Å². The zero-order valence-electron chi connectivity index (χ0n) is 16.4. The van der Waals surface area contributed by atoms with Crippen molar-refractivity contribution in [2.75, 3.05) is 20.2 Å². The molecule has 1 atom stereocenters. The summed E-state index contributed by atoms with van der Waals surface area (Å²) in [5, 5.41) is 20.9. The Bertz CT molecular complexity index is 780. The van der Waals surface area contributed by atoms with Crippen molar-refractivity contribution < 1.29 is 9.84 Å². The Balaban J connectivity index is 0.00000280. The fourth-order valence-corrected chi connectivity index (χ4v) is 3.19. The van der Waals surface area contributed by atoms with Gasteiger partial charge in [-0.2, -0.15) is 5.10 Å². The molecule has 8 nitrogen and oxygen atoms in total. The molecular weight excluding hydrogens is 471 g/mol. The van der Waals surface area contributed by atoms with E-state index in [2.05, 4.69) is 32.6 Å². The minimum absolute atomic E-state index is 0.